The van der Waals surface area contributed by atoms with Crippen molar-refractivity contribution in [3.63, 3.8) is 0 Å². The first-order valence-corrected chi connectivity index (χ1v) is 10.3. The van der Waals surface area contributed by atoms with Crippen LogP contribution in [-0.4, -0.2) is 5.97 Å². The smallest absolute Gasteiger partial charge is 0.336 e. The SMILES string of the molecule is Cc1ccc2oc(-c3ccco3)c(OC(=O)/C=C/c3ccc(C(C)(C)C)cc3)c(=O)c2c1. The van der Waals surface area contributed by atoms with Gasteiger partial charge in [0.05, 0.1) is 11.6 Å². The predicted molar refractivity (Wildman–Crippen MR) is 125 cm³/mol. The average Bonchev–Trinajstić information content (AvgIpc) is 3.29. The van der Waals surface area contributed by atoms with E-state index in [2.05, 4.69) is 20.8 Å². The molecule has 0 bridgehead atoms. The first kappa shape index (κ1) is 21.4. The van der Waals surface area contributed by atoms with E-state index in [0.717, 1.165) is 11.1 Å². The molecule has 0 amide bonds. The first-order chi connectivity index (χ1) is 15.2. The summed E-state index contributed by atoms with van der Waals surface area (Å²) in [7, 11) is 0. The minimum absolute atomic E-state index is 0.0475. The van der Waals surface area contributed by atoms with E-state index in [4.69, 9.17) is 13.6 Å². The monoisotopic (exact) mass is 428 g/mol. The highest BCUT2D eigenvalue weighted by molar-refractivity contribution is 5.90. The zero-order valence-electron chi connectivity index (χ0n) is 18.5. The molecule has 162 valence electrons. The Morgan fingerprint density at radius 3 is 2.44 bits per heavy atom. The molecule has 4 aromatic rings. The molecule has 2 heterocycles. The number of esters is 1. The second-order valence-electron chi connectivity index (χ2n) is 8.69. The summed E-state index contributed by atoms with van der Waals surface area (Å²) in [4.78, 5) is 25.7. The maximum absolute atomic E-state index is 13.1. The molecular weight excluding hydrogens is 404 g/mol. The first-order valence-electron chi connectivity index (χ1n) is 10.3. The lowest BCUT2D eigenvalue weighted by Crippen LogP contribution is -2.14. The van der Waals surface area contributed by atoms with Crippen molar-refractivity contribution in [3.05, 3.63) is 93.9 Å². The fourth-order valence-corrected chi connectivity index (χ4v) is 3.35. The maximum Gasteiger partial charge on any atom is 0.336 e. The summed E-state index contributed by atoms with van der Waals surface area (Å²) in [6, 6.07) is 16.5. The molecule has 0 unspecified atom stereocenters. The second kappa shape index (κ2) is 8.35. The van der Waals surface area contributed by atoms with Crippen LogP contribution < -0.4 is 10.2 Å². The minimum atomic E-state index is -0.683. The fraction of sp³-hybridized carbons (Fsp3) is 0.185. The quantitative estimate of drug-likeness (QED) is 0.283. The number of benzene rings is 2. The van der Waals surface area contributed by atoms with Gasteiger partial charge in [-0.1, -0.05) is 56.7 Å². The summed E-state index contributed by atoms with van der Waals surface area (Å²) in [5, 5.41) is 0.338. The lowest BCUT2D eigenvalue weighted by Gasteiger charge is -2.18. The lowest BCUT2D eigenvalue weighted by atomic mass is 9.87. The molecule has 0 atom stereocenters. The molecule has 0 aliphatic heterocycles. The average molecular weight is 428 g/mol. The van der Waals surface area contributed by atoms with Crippen molar-refractivity contribution < 1.29 is 18.4 Å². The van der Waals surface area contributed by atoms with Gasteiger partial charge in [-0.2, -0.15) is 0 Å². The van der Waals surface area contributed by atoms with Crippen LogP contribution in [0.3, 0.4) is 0 Å². The number of hydrogen-bond acceptors (Lipinski definition) is 5. The number of furan rings is 1. The molecule has 4 rings (SSSR count). The highest BCUT2D eigenvalue weighted by atomic mass is 16.5. The molecule has 0 saturated heterocycles. The molecule has 0 radical (unpaired) electrons. The van der Waals surface area contributed by atoms with Gasteiger partial charge in [0, 0.05) is 6.08 Å². The molecule has 0 aliphatic carbocycles. The molecule has 5 nitrogen and oxygen atoms in total. The number of rotatable bonds is 4. The summed E-state index contributed by atoms with van der Waals surface area (Å²) >= 11 is 0. The summed E-state index contributed by atoms with van der Waals surface area (Å²) < 4.78 is 16.7. The van der Waals surface area contributed by atoms with Gasteiger partial charge in [-0.25, -0.2) is 4.79 Å². The van der Waals surface area contributed by atoms with Crippen LogP contribution in [0.15, 0.2) is 80.6 Å². The molecule has 0 aliphatic rings. The van der Waals surface area contributed by atoms with Crippen molar-refractivity contribution in [1.29, 1.82) is 0 Å². The highest BCUT2D eigenvalue weighted by Gasteiger charge is 2.21. The third-order valence-electron chi connectivity index (χ3n) is 5.14. The maximum atomic E-state index is 13.1. The van der Waals surface area contributed by atoms with Gasteiger partial charge in [-0.05, 0) is 53.8 Å². The van der Waals surface area contributed by atoms with Crippen molar-refractivity contribution in [2.24, 2.45) is 0 Å². The molecule has 0 spiro atoms. The van der Waals surface area contributed by atoms with Crippen LogP contribution in [0.5, 0.6) is 5.75 Å². The van der Waals surface area contributed by atoms with E-state index < -0.39 is 11.4 Å². The van der Waals surface area contributed by atoms with Crippen LogP contribution in [0.1, 0.15) is 37.5 Å². The van der Waals surface area contributed by atoms with Gasteiger partial charge < -0.3 is 13.6 Å². The van der Waals surface area contributed by atoms with Crippen LogP contribution in [0.4, 0.5) is 0 Å². The van der Waals surface area contributed by atoms with E-state index in [1.165, 1.54) is 17.9 Å². The second-order valence-corrected chi connectivity index (χ2v) is 8.69. The number of ether oxygens (including phenoxy) is 1. The van der Waals surface area contributed by atoms with Gasteiger partial charge in [0.2, 0.25) is 16.9 Å². The Labute approximate surface area is 185 Å². The summed E-state index contributed by atoms with van der Waals surface area (Å²) in [5.74, 6) is -0.505. The van der Waals surface area contributed by atoms with Crippen LogP contribution in [0, 0.1) is 6.92 Å². The van der Waals surface area contributed by atoms with Crippen LogP contribution in [0.2, 0.25) is 0 Å². The van der Waals surface area contributed by atoms with E-state index >= 15 is 0 Å². The number of fused-ring (bicyclic) bond motifs is 1. The van der Waals surface area contributed by atoms with Crippen molar-refractivity contribution >= 4 is 23.0 Å². The molecule has 0 fully saturated rings. The van der Waals surface area contributed by atoms with Gasteiger partial charge >= 0.3 is 5.97 Å². The third kappa shape index (κ3) is 4.42. The number of carbonyl (C=O) groups is 1. The van der Waals surface area contributed by atoms with E-state index in [1.54, 1.807) is 30.3 Å². The Bertz CT molecular complexity index is 1350. The fourth-order valence-electron chi connectivity index (χ4n) is 3.35. The molecule has 2 aromatic heterocycles. The lowest BCUT2D eigenvalue weighted by molar-refractivity contribution is -0.129. The number of carbonyl (C=O) groups excluding carboxylic acids is 1. The molecule has 2 aromatic carbocycles. The van der Waals surface area contributed by atoms with Crippen molar-refractivity contribution in [3.8, 4) is 17.3 Å². The van der Waals surface area contributed by atoms with E-state index in [9.17, 15) is 9.59 Å². The minimum Gasteiger partial charge on any atom is -0.461 e. The van der Waals surface area contributed by atoms with E-state index in [-0.39, 0.29) is 16.9 Å². The van der Waals surface area contributed by atoms with Gasteiger partial charge in [-0.3, -0.25) is 4.79 Å². The zero-order valence-corrected chi connectivity index (χ0v) is 18.5. The molecule has 5 heteroatoms. The molecule has 0 saturated carbocycles. The summed E-state index contributed by atoms with van der Waals surface area (Å²) in [6.45, 7) is 8.30. The Kier molecular flexibility index (Phi) is 5.57. The largest absolute Gasteiger partial charge is 0.461 e. The Morgan fingerprint density at radius 2 is 1.78 bits per heavy atom. The van der Waals surface area contributed by atoms with Gasteiger partial charge in [-0.15, -0.1) is 0 Å². The molecular formula is C27H24O5. The van der Waals surface area contributed by atoms with Crippen molar-refractivity contribution in [1.82, 2.24) is 0 Å². The van der Waals surface area contributed by atoms with Crippen LogP contribution >= 0.6 is 0 Å². The Balaban J connectivity index is 1.66. The van der Waals surface area contributed by atoms with Gasteiger partial charge in [0.25, 0.3) is 0 Å². The Morgan fingerprint density at radius 1 is 1.03 bits per heavy atom. The van der Waals surface area contributed by atoms with Crippen LogP contribution in [-0.2, 0) is 10.2 Å². The number of hydrogen-bond donors (Lipinski definition) is 0. The van der Waals surface area contributed by atoms with E-state index in [0.29, 0.717) is 16.7 Å². The molecule has 0 N–H and O–H groups in total. The summed E-state index contributed by atoms with van der Waals surface area (Å²) in [6.07, 6.45) is 4.40. The topological polar surface area (TPSA) is 69.7 Å². The summed E-state index contributed by atoms with van der Waals surface area (Å²) in [5.41, 5.74) is 2.95. The molecule has 32 heavy (non-hydrogen) atoms. The highest BCUT2D eigenvalue weighted by Crippen LogP contribution is 2.31. The van der Waals surface area contributed by atoms with E-state index in [1.807, 2.05) is 37.3 Å². The third-order valence-corrected chi connectivity index (χ3v) is 5.14. The number of aryl methyl sites for hydroxylation is 1. The van der Waals surface area contributed by atoms with Gasteiger partial charge in [0.1, 0.15) is 5.58 Å². The zero-order chi connectivity index (χ0) is 22.9. The van der Waals surface area contributed by atoms with Crippen molar-refractivity contribution in [2.45, 2.75) is 33.1 Å². The predicted octanol–water partition coefficient (Wildman–Crippen LogP) is 6.28. The Hall–Kier alpha value is -3.86. The van der Waals surface area contributed by atoms with Gasteiger partial charge in [0.15, 0.2) is 5.76 Å². The van der Waals surface area contributed by atoms with Crippen molar-refractivity contribution in [2.75, 3.05) is 0 Å². The van der Waals surface area contributed by atoms with Crippen LogP contribution in [0.25, 0.3) is 28.6 Å². The normalized spacial score (nSPS) is 11.9. The standard InChI is InChI=1S/C27H24O5/c1-17-7-13-21-20(16-17)24(29)26(25(31-21)22-6-5-15-30-22)32-23(28)14-10-18-8-11-19(12-9-18)27(2,3)4/h5-16H,1-4H3/b14-10+.